The number of hydrogen-bond acceptors (Lipinski definition) is 4. The lowest BCUT2D eigenvalue weighted by Crippen LogP contribution is -2.42. The summed E-state index contributed by atoms with van der Waals surface area (Å²) < 4.78 is 5.38. The summed E-state index contributed by atoms with van der Waals surface area (Å²) in [4.78, 5) is 25.5. The minimum Gasteiger partial charge on any atom is -0.482 e. The van der Waals surface area contributed by atoms with Gasteiger partial charge in [-0.25, -0.2) is 0 Å². The summed E-state index contributed by atoms with van der Waals surface area (Å²) in [6, 6.07) is 7.61. The van der Waals surface area contributed by atoms with Crippen LogP contribution < -0.4 is 20.3 Å². The molecule has 2 amide bonds. The van der Waals surface area contributed by atoms with Gasteiger partial charge in [-0.05, 0) is 25.6 Å². The Balaban J connectivity index is 0.00000264. The van der Waals surface area contributed by atoms with E-state index in [9.17, 15) is 9.59 Å². The largest absolute Gasteiger partial charge is 0.482 e. The van der Waals surface area contributed by atoms with E-state index < -0.39 is 0 Å². The lowest BCUT2D eigenvalue weighted by molar-refractivity contribution is -0.122. The Morgan fingerprint density at radius 3 is 2.87 bits per heavy atom. The molecule has 7 heteroatoms. The molecule has 1 aromatic rings. The molecular weight excluding hydrogens is 318 g/mol. The summed E-state index contributed by atoms with van der Waals surface area (Å²) in [5.41, 5.74) is 0.729. The maximum absolute atomic E-state index is 12.0. The molecule has 0 fully saturated rings. The molecule has 1 atom stereocenters. The Morgan fingerprint density at radius 2 is 2.13 bits per heavy atom. The number of carbonyl (C=O) groups excluding carboxylic acids is 2. The van der Waals surface area contributed by atoms with Crippen LogP contribution in [0, 0.1) is 0 Å². The van der Waals surface area contributed by atoms with E-state index in [0.29, 0.717) is 18.8 Å². The quantitative estimate of drug-likeness (QED) is 0.785. The zero-order valence-corrected chi connectivity index (χ0v) is 14.3. The third-order valence-corrected chi connectivity index (χ3v) is 3.53. The van der Waals surface area contributed by atoms with Gasteiger partial charge in [-0.15, -0.1) is 12.4 Å². The summed E-state index contributed by atoms with van der Waals surface area (Å²) in [6.07, 6.45) is 0.277. The normalized spacial score (nSPS) is 14.3. The number of ether oxygens (including phenoxy) is 1. The van der Waals surface area contributed by atoms with Crippen LogP contribution in [0.3, 0.4) is 0 Å². The van der Waals surface area contributed by atoms with E-state index in [1.165, 1.54) is 0 Å². The molecule has 1 aliphatic rings. The first-order valence-corrected chi connectivity index (χ1v) is 7.64. The average molecular weight is 342 g/mol. The van der Waals surface area contributed by atoms with E-state index in [1.807, 2.05) is 38.1 Å². The highest BCUT2D eigenvalue weighted by Gasteiger charge is 2.25. The number of para-hydroxylation sites is 2. The number of amides is 2. The van der Waals surface area contributed by atoms with Crippen LogP contribution in [0.1, 0.15) is 20.3 Å². The smallest absolute Gasteiger partial charge is 0.265 e. The summed E-state index contributed by atoms with van der Waals surface area (Å²) in [5, 5.41) is 6.11. The number of fused-ring (bicyclic) bond motifs is 1. The highest BCUT2D eigenvalue weighted by Crippen LogP contribution is 2.31. The van der Waals surface area contributed by atoms with Crippen molar-refractivity contribution in [2.24, 2.45) is 0 Å². The molecule has 128 valence electrons. The molecule has 1 heterocycles. The number of anilines is 1. The number of nitrogens with zero attached hydrogens (tertiary/aromatic N) is 1. The van der Waals surface area contributed by atoms with Crippen molar-refractivity contribution < 1.29 is 14.3 Å². The molecule has 0 aromatic heterocycles. The molecule has 0 saturated carbocycles. The zero-order valence-electron chi connectivity index (χ0n) is 13.5. The second kappa shape index (κ2) is 9.37. The van der Waals surface area contributed by atoms with E-state index in [0.717, 1.165) is 12.2 Å². The topological polar surface area (TPSA) is 70.7 Å². The van der Waals surface area contributed by atoms with Crippen LogP contribution >= 0.6 is 12.4 Å². The van der Waals surface area contributed by atoms with Crippen LogP contribution in [0.2, 0.25) is 0 Å². The molecule has 1 aromatic carbocycles. The van der Waals surface area contributed by atoms with Crippen LogP contribution in [0.15, 0.2) is 24.3 Å². The van der Waals surface area contributed by atoms with Gasteiger partial charge in [0, 0.05) is 25.6 Å². The summed E-state index contributed by atoms with van der Waals surface area (Å²) in [6.45, 7) is 5.89. The number of halogens is 1. The first-order chi connectivity index (χ1) is 10.6. The van der Waals surface area contributed by atoms with Gasteiger partial charge in [0.15, 0.2) is 6.61 Å². The van der Waals surface area contributed by atoms with E-state index >= 15 is 0 Å². The Labute approximate surface area is 143 Å². The molecular formula is C16H24ClN3O3. The molecule has 0 saturated heterocycles. The Hall–Kier alpha value is -1.79. The molecule has 0 unspecified atom stereocenters. The SMILES string of the molecule is CCN[C@H](C)CNC(=O)CCN1C(=O)COc2ccccc21.Cl. The molecule has 1 aliphatic heterocycles. The third kappa shape index (κ3) is 5.41. The second-order valence-corrected chi connectivity index (χ2v) is 5.31. The summed E-state index contributed by atoms with van der Waals surface area (Å²) >= 11 is 0. The van der Waals surface area contributed by atoms with Crippen LogP contribution in [0.5, 0.6) is 5.75 Å². The highest BCUT2D eigenvalue weighted by molar-refractivity contribution is 5.98. The van der Waals surface area contributed by atoms with Crippen molar-refractivity contribution in [2.45, 2.75) is 26.3 Å². The van der Waals surface area contributed by atoms with Gasteiger partial charge >= 0.3 is 0 Å². The summed E-state index contributed by atoms with van der Waals surface area (Å²) in [7, 11) is 0. The standard InChI is InChI=1S/C16H23N3O3.ClH/c1-3-17-12(2)10-18-15(20)8-9-19-13-6-4-5-7-14(13)22-11-16(19)21;/h4-7,12,17H,3,8-11H2,1-2H3,(H,18,20);1H/t12-;/m1./s1. The van der Waals surface area contributed by atoms with Crippen molar-refractivity contribution >= 4 is 29.9 Å². The number of likely N-dealkylation sites (N-methyl/N-ethyl adjacent to an activating group) is 1. The predicted octanol–water partition coefficient (Wildman–Crippen LogP) is 1.34. The molecule has 0 spiro atoms. The molecule has 2 N–H and O–H groups in total. The number of nitrogens with one attached hydrogen (secondary N) is 2. The fraction of sp³-hybridized carbons (Fsp3) is 0.500. The summed E-state index contributed by atoms with van der Waals surface area (Å²) in [5.74, 6) is 0.511. The fourth-order valence-electron chi connectivity index (χ4n) is 2.39. The number of benzene rings is 1. The van der Waals surface area contributed by atoms with E-state index in [-0.39, 0.29) is 43.3 Å². The zero-order chi connectivity index (χ0) is 15.9. The van der Waals surface area contributed by atoms with Crippen LogP contribution in [0.4, 0.5) is 5.69 Å². The number of hydrogen-bond donors (Lipinski definition) is 2. The molecule has 0 radical (unpaired) electrons. The molecule has 23 heavy (non-hydrogen) atoms. The lowest BCUT2D eigenvalue weighted by atomic mass is 10.2. The van der Waals surface area contributed by atoms with Crippen LogP contribution in [-0.4, -0.2) is 44.1 Å². The van der Waals surface area contributed by atoms with Crippen LogP contribution in [-0.2, 0) is 9.59 Å². The molecule has 6 nitrogen and oxygen atoms in total. The minimum atomic E-state index is -0.118. The maximum atomic E-state index is 12.0. The fourth-order valence-corrected chi connectivity index (χ4v) is 2.39. The van der Waals surface area contributed by atoms with Gasteiger partial charge < -0.3 is 20.3 Å². The Kier molecular flexibility index (Phi) is 7.85. The van der Waals surface area contributed by atoms with Gasteiger partial charge in [0.2, 0.25) is 5.91 Å². The minimum absolute atomic E-state index is 0. The van der Waals surface area contributed by atoms with Gasteiger partial charge in [0.1, 0.15) is 5.75 Å². The first-order valence-electron chi connectivity index (χ1n) is 7.64. The molecule has 0 aliphatic carbocycles. The number of rotatable bonds is 7. The third-order valence-electron chi connectivity index (χ3n) is 3.53. The highest BCUT2D eigenvalue weighted by atomic mass is 35.5. The molecule has 0 bridgehead atoms. The maximum Gasteiger partial charge on any atom is 0.265 e. The van der Waals surface area contributed by atoms with Crippen molar-refractivity contribution in [3.63, 3.8) is 0 Å². The lowest BCUT2D eigenvalue weighted by Gasteiger charge is -2.29. The second-order valence-electron chi connectivity index (χ2n) is 5.31. The van der Waals surface area contributed by atoms with E-state index in [1.54, 1.807) is 4.90 Å². The first kappa shape index (κ1) is 19.3. The van der Waals surface area contributed by atoms with Gasteiger partial charge in [0.25, 0.3) is 5.91 Å². The van der Waals surface area contributed by atoms with Crippen molar-refractivity contribution in [1.29, 1.82) is 0 Å². The molecule has 2 rings (SSSR count). The van der Waals surface area contributed by atoms with Gasteiger partial charge in [-0.1, -0.05) is 19.1 Å². The monoisotopic (exact) mass is 341 g/mol. The van der Waals surface area contributed by atoms with Crippen LogP contribution in [0.25, 0.3) is 0 Å². The van der Waals surface area contributed by atoms with Crippen molar-refractivity contribution in [1.82, 2.24) is 10.6 Å². The van der Waals surface area contributed by atoms with E-state index in [4.69, 9.17) is 4.74 Å². The van der Waals surface area contributed by atoms with Gasteiger partial charge in [-0.3, -0.25) is 9.59 Å². The van der Waals surface area contributed by atoms with Crippen molar-refractivity contribution in [3.05, 3.63) is 24.3 Å². The Bertz CT molecular complexity index is 539. The van der Waals surface area contributed by atoms with E-state index in [2.05, 4.69) is 10.6 Å². The number of carbonyl (C=O) groups is 2. The average Bonchev–Trinajstić information content (AvgIpc) is 2.52. The van der Waals surface area contributed by atoms with Gasteiger partial charge in [0.05, 0.1) is 5.69 Å². The Morgan fingerprint density at radius 1 is 1.39 bits per heavy atom. The van der Waals surface area contributed by atoms with Crippen molar-refractivity contribution in [2.75, 3.05) is 31.1 Å². The predicted molar refractivity (Wildman–Crippen MR) is 92.3 cm³/mol. The van der Waals surface area contributed by atoms with Gasteiger partial charge in [-0.2, -0.15) is 0 Å². The van der Waals surface area contributed by atoms with Crippen molar-refractivity contribution in [3.8, 4) is 5.75 Å².